The van der Waals surface area contributed by atoms with E-state index in [1.807, 2.05) is 0 Å². The molecule has 0 saturated carbocycles. The minimum absolute atomic E-state index is 0.0633. The van der Waals surface area contributed by atoms with E-state index < -0.39 is 11.7 Å². The molecule has 154 valence electrons. The van der Waals surface area contributed by atoms with E-state index in [2.05, 4.69) is 24.1 Å². The number of hydrogen-bond donors (Lipinski definition) is 1. The number of nitrogens with one attached hydrogen (secondary N) is 1. The van der Waals surface area contributed by atoms with E-state index >= 15 is 0 Å². The molecule has 1 N–H and O–H groups in total. The first-order valence-electron chi connectivity index (χ1n) is 9.64. The van der Waals surface area contributed by atoms with Crippen LogP contribution < -0.4 is 10.9 Å². The molecule has 3 aromatic rings. The molecule has 4 rings (SSSR count). The third-order valence-electron chi connectivity index (χ3n) is 5.21. The second-order valence-electron chi connectivity index (χ2n) is 7.82. The normalized spacial score (nSPS) is 17.1. The predicted octanol–water partition coefficient (Wildman–Crippen LogP) is 4.38. The number of nitrogens with zero attached hydrogens (tertiary/aromatic N) is 2. The zero-order valence-corrected chi connectivity index (χ0v) is 17.0. The van der Waals surface area contributed by atoms with Crippen LogP contribution in [0.15, 0.2) is 35.4 Å². The molecule has 2 aromatic heterocycles. The van der Waals surface area contributed by atoms with E-state index in [-0.39, 0.29) is 12.1 Å². The van der Waals surface area contributed by atoms with Crippen LogP contribution in [0.2, 0.25) is 0 Å². The average Bonchev–Trinajstić information content (AvgIpc) is 3.01. The molecule has 1 aromatic carbocycles. The van der Waals surface area contributed by atoms with E-state index in [4.69, 9.17) is 0 Å². The standard InChI is InChI=1S/C21H22F3N3OS/c1-12(2)26-15-6-7-16-17(9-15)29-19-18(16)20(28)27(11-25-19)10-13-4-3-5-14(8-13)21(22,23)24/h3-5,8,11-12,15,26H,6-7,9-10H2,1-2H3/t15-/m1/s1. The molecule has 0 saturated heterocycles. The summed E-state index contributed by atoms with van der Waals surface area (Å²) in [5.41, 5.74) is 0.588. The highest BCUT2D eigenvalue weighted by molar-refractivity contribution is 7.18. The van der Waals surface area contributed by atoms with Crippen molar-refractivity contribution in [2.75, 3.05) is 0 Å². The van der Waals surface area contributed by atoms with Crippen LogP contribution in [-0.4, -0.2) is 21.6 Å². The van der Waals surface area contributed by atoms with E-state index in [0.717, 1.165) is 37.0 Å². The van der Waals surface area contributed by atoms with Crippen molar-refractivity contribution in [2.45, 2.75) is 57.9 Å². The molecule has 0 unspecified atom stereocenters. The maximum absolute atomic E-state index is 13.1. The summed E-state index contributed by atoms with van der Waals surface area (Å²) in [4.78, 5) is 19.4. The number of benzene rings is 1. The summed E-state index contributed by atoms with van der Waals surface area (Å²) in [5.74, 6) is 0. The fourth-order valence-corrected chi connectivity index (χ4v) is 5.23. The van der Waals surface area contributed by atoms with E-state index in [1.54, 1.807) is 17.4 Å². The minimum Gasteiger partial charge on any atom is -0.311 e. The number of aromatic nitrogens is 2. The molecule has 29 heavy (non-hydrogen) atoms. The Labute approximate surface area is 170 Å². The van der Waals surface area contributed by atoms with Gasteiger partial charge in [-0.15, -0.1) is 11.3 Å². The van der Waals surface area contributed by atoms with Gasteiger partial charge < -0.3 is 5.32 Å². The van der Waals surface area contributed by atoms with Crippen molar-refractivity contribution in [3.05, 3.63) is 62.5 Å². The number of fused-ring (bicyclic) bond motifs is 3. The van der Waals surface area contributed by atoms with E-state index in [0.29, 0.717) is 27.9 Å². The lowest BCUT2D eigenvalue weighted by atomic mass is 9.92. The van der Waals surface area contributed by atoms with Gasteiger partial charge in [-0.25, -0.2) is 4.98 Å². The third-order valence-corrected chi connectivity index (χ3v) is 6.37. The molecule has 0 spiro atoms. The third kappa shape index (κ3) is 4.09. The number of hydrogen-bond acceptors (Lipinski definition) is 4. The molecule has 0 amide bonds. The molecule has 0 bridgehead atoms. The molecule has 1 atom stereocenters. The SMILES string of the molecule is CC(C)N[C@@H]1CCc2c(sc3ncn(Cc4cccc(C(F)(F)F)c4)c(=O)c23)C1. The van der Waals surface area contributed by atoms with Gasteiger partial charge in [0.15, 0.2) is 0 Å². The highest BCUT2D eigenvalue weighted by Crippen LogP contribution is 2.34. The smallest absolute Gasteiger partial charge is 0.311 e. The Morgan fingerprint density at radius 2 is 2.14 bits per heavy atom. The summed E-state index contributed by atoms with van der Waals surface area (Å²) in [6.07, 6.45) is -0.322. The van der Waals surface area contributed by atoms with Gasteiger partial charge in [-0.1, -0.05) is 26.0 Å². The monoisotopic (exact) mass is 421 g/mol. The molecular formula is C21H22F3N3OS. The summed E-state index contributed by atoms with van der Waals surface area (Å²) in [5, 5.41) is 4.18. The average molecular weight is 421 g/mol. The highest BCUT2D eigenvalue weighted by atomic mass is 32.1. The van der Waals surface area contributed by atoms with Crippen LogP contribution in [0.3, 0.4) is 0 Å². The first-order valence-corrected chi connectivity index (χ1v) is 10.5. The number of thiophene rings is 1. The van der Waals surface area contributed by atoms with Crippen LogP contribution in [-0.2, 0) is 25.6 Å². The first kappa shape index (κ1) is 20.1. The van der Waals surface area contributed by atoms with Gasteiger partial charge in [0, 0.05) is 17.0 Å². The van der Waals surface area contributed by atoms with Crippen molar-refractivity contribution in [1.82, 2.24) is 14.9 Å². The van der Waals surface area contributed by atoms with Crippen molar-refractivity contribution in [3.8, 4) is 0 Å². The summed E-state index contributed by atoms with van der Waals surface area (Å²) >= 11 is 1.55. The van der Waals surface area contributed by atoms with Crippen molar-refractivity contribution in [3.63, 3.8) is 0 Å². The number of alkyl halides is 3. The molecular weight excluding hydrogens is 399 g/mol. The highest BCUT2D eigenvalue weighted by Gasteiger charge is 2.30. The van der Waals surface area contributed by atoms with Gasteiger partial charge in [0.2, 0.25) is 0 Å². The molecule has 2 heterocycles. The van der Waals surface area contributed by atoms with Gasteiger partial charge in [0.25, 0.3) is 5.56 Å². The molecule has 0 fully saturated rings. The molecule has 1 aliphatic rings. The van der Waals surface area contributed by atoms with Gasteiger partial charge in [-0.3, -0.25) is 9.36 Å². The lowest BCUT2D eigenvalue weighted by Gasteiger charge is -2.25. The molecule has 8 heteroatoms. The van der Waals surface area contributed by atoms with Crippen LogP contribution >= 0.6 is 11.3 Å². The Morgan fingerprint density at radius 3 is 2.86 bits per heavy atom. The molecule has 4 nitrogen and oxygen atoms in total. The van der Waals surface area contributed by atoms with Gasteiger partial charge in [-0.05, 0) is 42.5 Å². The summed E-state index contributed by atoms with van der Waals surface area (Å²) in [6.45, 7) is 4.30. The summed E-state index contributed by atoms with van der Waals surface area (Å²) < 4.78 is 40.3. The molecule has 0 aliphatic heterocycles. The number of halogens is 3. The van der Waals surface area contributed by atoms with Crippen LogP contribution in [0.5, 0.6) is 0 Å². The van der Waals surface area contributed by atoms with E-state index in [1.165, 1.54) is 21.8 Å². The maximum Gasteiger partial charge on any atom is 0.416 e. The predicted molar refractivity (Wildman–Crippen MR) is 109 cm³/mol. The van der Waals surface area contributed by atoms with Crippen LogP contribution in [0, 0.1) is 0 Å². The Morgan fingerprint density at radius 1 is 1.34 bits per heavy atom. The zero-order chi connectivity index (χ0) is 20.8. The Kier molecular flexibility index (Phi) is 5.25. The summed E-state index contributed by atoms with van der Waals surface area (Å²) in [6, 6.07) is 5.87. The lowest BCUT2D eigenvalue weighted by molar-refractivity contribution is -0.137. The largest absolute Gasteiger partial charge is 0.416 e. The second-order valence-corrected chi connectivity index (χ2v) is 8.90. The van der Waals surface area contributed by atoms with Gasteiger partial charge >= 0.3 is 6.18 Å². The van der Waals surface area contributed by atoms with Crippen LogP contribution in [0.4, 0.5) is 13.2 Å². The fourth-order valence-electron chi connectivity index (χ4n) is 3.97. The Bertz CT molecular complexity index is 1100. The van der Waals surface area contributed by atoms with Crippen molar-refractivity contribution >= 4 is 21.6 Å². The quantitative estimate of drug-likeness (QED) is 0.680. The Balaban J connectivity index is 1.67. The van der Waals surface area contributed by atoms with Gasteiger partial charge in [-0.2, -0.15) is 13.2 Å². The van der Waals surface area contributed by atoms with Crippen LogP contribution in [0.25, 0.3) is 10.2 Å². The van der Waals surface area contributed by atoms with Gasteiger partial charge in [0.1, 0.15) is 4.83 Å². The number of rotatable bonds is 4. The van der Waals surface area contributed by atoms with Crippen molar-refractivity contribution < 1.29 is 13.2 Å². The zero-order valence-electron chi connectivity index (χ0n) is 16.2. The summed E-state index contributed by atoms with van der Waals surface area (Å²) in [7, 11) is 0. The van der Waals surface area contributed by atoms with E-state index in [9.17, 15) is 18.0 Å². The number of aryl methyl sites for hydroxylation is 1. The first-order chi connectivity index (χ1) is 13.7. The second kappa shape index (κ2) is 7.57. The van der Waals surface area contributed by atoms with Crippen molar-refractivity contribution in [2.24, 2.45) is 0 Å². The maximum atomic E-state index is 13.1. The molecule has 1 aliphatic carbocycles. The van der Waals surface area contributed by atoms with Crippen LogP contribution in [0.1, 0.15) is 41.8 Å². The van der Waals surface area contributed by atoms with Crippen molar-refractivity contribution in [1.29, 1.82) is 0 Å². The lowest BCUT2D eigenvalue weighted by Crippen LogP contribution is -2.38. The Hall–Kier alpha value is -2.19. The topological polar surface area (TPSA) is 46.9 Å². The molecule has 0 radical (unpaired) electrons. The minimum atomic E-state index is -4.41. The van der Waals surface area contributed by atoms with Gasteiger partial charge in [0.05, 0.1) is 23.8 Å². The fraction of sp³-hybridized carbons (Fsp3) is 0.429.